The van der Waals surface area contributed by atoms with Gasteiger partial charge in [-0.15, -0.1) is 0 Å². The molecule has 0 saturated carbocycles. The zero-order valence-electron chi connectivity index (χ0n) is 14.7. The van der Waals surface area contributed by atoms with E-state index in [1.54, 1.807) is 23.1 Å². The summed E-state index contributed by atoms with van der Waals surface area (Å²) < 4.78 is 11.9. The Hall–Kier alpha value is -2.90. The van der Waals surface area contributed by atoms with Gasteiger partial charge in [-0.25, -0.2) is 4.79 Å². The first-order valence-electron chi connectivity index (χ1n) is 8.76. The van der Waals surface area contributed by atoms with Gasteiger partial charge in [-0.2, -0.15) is 4.98 Å². The van der Waals surface area contributed by atoms with Crippen molar-refractivity contribution in [2.45, 2.75) is 45.2 Å². The Morgan fingerprint density at radius 1 is 1.35 bits per heavy atom. The number of carbonyl (C=O) groups is 1. The van der Waals surface area contributed by atoms with Gasteiger partial charge in [-0.1, -0.05) is 31.1 Å². The molecule has 1 atom stereocenters. The average Bonchev–Trinajstić information content (AvgIpc) is 3.33. The number of amides is 1. The van der Waals surface area contributed by atoms with Crippen LogP contribution >= 0.6 is 0 Å². The first kappa shape index (κ1) is 16.6. The number of para-hydroxylation sites is 2. The van der Waals surface area contributed by atoms with Gasteiger partial charge in [-0.05, 0) is 25.0 Å². The monoisotopic (exact) mass is 356 g/mol. The van der Waals surface area contributed by atoms with E-state index in [-0.39, 0.29) is 24.4 Å². The molecule has 0 spiro atoms. The standard InChI is InChI=1S/C18H20N4O4/c1-11(2)16-19-17(26-20-16)13-7-5-9-21(13)15(23)10-22-12-6-3-4-8-14(12)25-18(22)24/h3-4,6,8,11,13H,5,7,9-10H2,1-2H3. The molecule has 1 unspecified atom stereocenters. The average molecular weight is 356 g/mol. The Kier molecular flexibility index (Phi) is 4.10. The molecule has 1 saturated heterocycles. The van der Waals surface area contributed by atoms with E-state index in [4.69, 9.17) is 8.94 Å². The first-order chi connectivity index (χ1) is 12.5. The van der Waals surface area contributed by atoms with Crippen molar-refractivity contribution in [1.82, 2.24) is 19.6 Å². The highest BCUT2D eigenvalue weighted by atomic mass is 16.5. The number of rotatable bonds is 4. The van der Waals surface area contributed by atoms with Crippen LogP contribution in [0.2, 0.25) is 0 Å². The van der Waals surface area contributed by atoms with E-state index in [0.29, 0.717) is 29.4 Å². The third-order valence-corrected chi connectivity index (χ3v) is 4.70. The van der Waals surface area contributed by atoms with Gasteiger partial charge in [0.1, 0.15) is 12.6 Å². The molecule has 4 rings (SSSR count). The lowest BCUT2D eigenvalue weighted by molar-refractivity contribution is -0.133. The summed E-state index contributed by atoms with van der Waals surface area (Å²) in [5.74, 6) is 0.565. The van der Waals surface area contributed by atoms with Crippen molar-refractivity contribution in [1.29, 1.82) is 0 Å². The van der Waals surface area contributed by atoms with Crippen molar-refractivity contribution in [3.63, 3.8) is 0 Å². The normalized spacial score (nSPS) is 17.5. The molecule has 1 amide bonds. The summed E-state index contributed by atoms with van der Waals surface area (Å²) in [6.45, 7) is 4.51. The van der Waals surface area contributed by atoms with E-state index in [2.05, 4.69) is 10.1 Å². The lowest BCUT2D eigenvalue weighted by Gasteiger charge is -2.21. The van der Waals surface area contributed by atoms with E-state index >= 15 is 0 Å². The number of carbonyl (C=O) groups excluding carboxylic acids is 1. The number of benzene rings is 1. The van der Waals surface area contributed by atoms with Crippen LogP contribution in [0.5, 0.6) is 0 Å². The molecular formula is C18H20N4O4. The Morgan fingerprint density at radius 3 is 2.92 bits per heavy atom. The van der Waals surface area contributed by atoms with E-state index in [1.165, 1.54) is 4.57 Å². The van der Waals surface area contributed by atoms with Crippen LogP contribution in [0.3, 0.4) is 0 Å². The van der Waals surface area contributed by atoms with Crippen LogP contribution < -0.4 is 5.76 Å². The smallest absolute Gasteiger partial charge is 0.408 e. The number of nitrogens with zero attached hydrogens (tertiary/aromatic N) is 4. The Balaban J connectivity index is 1.58. The molecular weight excluding hydrogens is 336 g/mol. The van der Waals surface area contributed by atoms with Gasteiger partial charge in [0.2, 0.25) is 11.8 Å². The summed E-state index contributed by atoms with van der Waals surface area (Å²) in [5, 5.41) is 3.99. The molecule has 1 aliphatic heterocycles. The summed E-state index contributed by atoms with van der Waals surface area (Å²) in [5.41, 5.74) is 1.09. The lowest BCUT2D eigenvalue weighted by Crippen LogP contribution is -2.35. The predicted molar refractivity (Wildman–Crippen MR) is 92.5 cm³/mol. The molecule has 0 N–H and O–H groups in total. The maximum atomic E-state index is 12.9. The van der Waals surface area contributed by atoms with Crippen molar-refractivity contribution in [2.75, 3.05) is 6.54 Å². The molecule has 8 heteroatoms. The van der Waals surface area contributed by atoms with Crippen LogP contribution in [0.1, 0.15) is 50.4 Å². The number of hydrogen-bond acceptors (Lipinski definition) is 6. The number of oxazole rings is 1. The van der Waals surface area contributed by atoms with E-state index in [9.17, 15) is 9.59 Å². The van der Waals surface area contributed by atoms with Crippen molar-refractivity contribution < 1.29 is 13.7 Å². The fraction of sp³-hybridized carbons (Fsp3) is 0.444. The van der Waals surface area contributed by atoms with Crippen molar-refractivity contribution in [3.8, 4) is 0 Å². The van der Waals surface area contributed by atoms with Crippen LogP contribution in [0.4, 0.5) is 0 Å². The Bertz CT molecular complexity index is 1000. The van der Waals surface area contributed by atoms with Gasteiger partial charge >= 0.3 is 5.76 Å². The Morgan fingerprint density at radius 2 is 2.15 bits per heavy atom. The first-order valence-corrected chi connectivity index (χ1v) is 8.76. The van der Waals surface area contributed by atoms with Crippen molar-refractivity contribution >= 4 is 17.0 Å². The molecule has 0 bridgehead atoms. The largest absolute Gasteiger partial charge is 0.420 e. The van der Waals surface area contributed by atoms with Crippen LogP contribution in [0.25, 0.3) is 11.1 Å². The molecule has 136 valence electrons. The highest BCUT2D eigenvalue weighted by molar-refractivity contribution is 5.80. The highest BCUT2D eigenvalue weighted by Gasteiger charge is 2.34. The molecule has 8 nitrogen and oxygen atoms in total. The van der Waals surface area contributed by atoms with Gasteiger partial charge in [0.05, 0.1) is 5.52 Å². The molecule has 0 radical (unpaired) electrons. The Labute approximate surface area is 149 Å². The maximum Gasteiger partial charge on any atom is 0.420 e. The highest BCUT2D eigenvalue weighted by Crippen LogP contribution is 2.31. The van der Waals surface area contributed by atoms with E-state index in [1.807, 2.05) is 19.9 Å². The quantitative estimate of drug-likeness (QED) is 0.713. The van der Waals surface area contributed by atoms with Gasteiger partial charge in [0, 0.05) is 12.5 Å². The summed E-state index contributed by atoms with van der Waals surface area (Å²) in [6, 6.07) is 6.83. The molecule has 3 heterocycles. The fourth-order valence-corrected chi connectivity index (χ4v) is 3.33. The molecule has 0 aliphatic carbocycles. The second-order valence-corrected chi connectivity index (χ2v) is 6.81. The maximum absolute atomic E-state index is 12.9. The van der Waals surface area contributed by atoms with E-state index < -0.39 is 5.76 Å². The fourth-order valence-electron chi connectivity index (χ4n) is 3.33. The molecule has 2 aromatic heterocycles. The topological polar surface area (TPSA) is 94.4 Å². The predicted octanol–water partition coefficient (Wildman–Crippen LogP) is 2.46. The minimum absolute atomic E-state index is 0.0719. The van der Waals surface area contributed by atoms with Gasteiger partial charge in [-0.3, -0.25) is 9.36 Å². The summed E-state index contributed by atoms with van der Waals surface area (Å²) in [4.78, 5) is 31.1. The SMILES string of the molecule is CC(C)c1noc(C2CCCN2C(=O)Cn2c(=O)oc3ccccc32)n1. The van der Waals surface area contributed by atoms with Gasteiger partial charge in [0.15, 0.2) is 11.4 Å². The van der Waals surface area contributed by atoms with Crippen LogP contribution in [0.15, 0.2) is 38.0 Å². The summed E-state index contributed by atoms with van der Waals surface area (Å²) >= 11 is 0. The van der Waals surface area contributed by atoms with E-state index in [0.717, 1.165) is 12.8 Å². The van der Waals surface area contributed by atoms with Gasteiger partial charge in [0.25, 0.3) is 0 Å². The van der Waals surface area contributed by atoms with Crippen molar-refractivity contribution in [3.05, 3.63) is 46.5 Å². The number of aromatic nitrogens is 3. The number of fused-ring (bicyclic) bond motifs is 1. The zero-order valence-corrected chi connectivity index (χ0v) is 14.7. The molecule has 1 aliphatic rings. The minimum atomic E-state index is -0.532. The lowest BCUT2D eigenvalue weighted by atomic mass is 10.2. The molecule has 1 aromatic carbocycles. The van der Waals surface area contributed by atoms with Crippen LogP contribution in [-0.2, 0) is 11.3 Å². The molecule has 1 fully saturated rings. The van der Waals surface area contributed by atoms with Crippen LogP contribution in [-0.4, -0.2) is 32.1 Å². The van der Waals surface area contributed by atoms with Crippen molar-refractivity contribution in [2.24, 2.45) is 0 Å². The second kappa shape index (κ2) is 6.44. The zero-order chi connectivity index (χ0) is 18.3. The number of likely N-dealkylation sites (tertiary alicyclic amines) is 1. The van der Waals surface area contributed by atoms with Crippen LogP contribution in [0, 0.1) is 0 Å². The molecule has 26 heavy (non-hydrogen) atoms. The third-order valence-electron chi connectivity index (χ3n) is 4.70. The second-order valence-electron chi connectivity index (χ2n) is 6.81. The molecule has 3 aromatic rings. The van der Waals surface area contributed by atoms with Gasteiger partial charge < -0.3 is 13.8 Å². The number of hydrogen-bond donors (Lipinski definition) is 0. The third kappa shape index (κ3) is 2.81. The summed E-state index contributed by atoms with van der Waals surface area (Å²) in [6.07, 6.45) is 1.63. The minimum Gasteiger partial charge on any atom is -0.408 e. The summed E-state index contributed by atoms with van der Waals surface area (Å²) in [7, 11) is 0.